The number of nitrogens with zero attached hydrogens (tertiary/aromatic N) is 2. The van der Waals surface area contributed by atoms with Crippen LogP contribution in [0.15, 0.2) is 29.1 Å². The van der Waals surface area contributed by atoms with Crippen molar-refractivity contribution in [2.45, 2.75) is 19.9 Å². The Bertz CT molecular complexity index is 445. The Kier molecular flexibility index (Phi) is 2.97. The molecule has 0 aromatic carbocycles. The lowest BCUT2D eigenvalue weighted by Gasteiger charge is -2.03. The van der Waals surface area contributed by atoms with Crippen molar-refractivity contribution in [3.8, 4) is 0 Å². The highest BCUT2D eigenvalue weighted by atomic mass is 32.1. The summed E-state index contributed by atoms with van der Waals surface area (Å²) in [5.74, 6) is 0.0576. The standard InChI is InChI=1S/C11H12N2OS/c1-2-6-13-10(3-5-12-13)11(14)9-4-7-15-8-9/h3-5,7-8H,2,6H2,1H3. The summed E-state index contributed by atoms with van der Waals surface area (Å²) in [4.78, 5) is 12.0. The molecule has 0 aliphatic rings. The van der Waals surface area contributed by atoms with E-state index in [-0.39, 0.29) is 5.78 Å². The van der Waals surface area contributed by atoms with E-state index in [1.165, 1.54) is 11.3 Å². The van der Waals surface area contributed by atoms with Crippen LogP contribution >= 0.6 is 11.3 Å². The summed E-state index contributed by atoms with van der Waals surface area (Å²) in [5.41, 5.74) is 1.42. The van der Waals surface area contributed by atoms with E-state index in [1.807, 2.05) is 16.8 Å². The first-order valence-electron chi connectivity index (χ1n) is 4.91. The summed E-state index contributed by atoms with van der Waals surface area (Å²) in [6.07, 6.45) is 2.65. The molecule has 2 aromatic rings. The van der Waals surface area contributed by atoms with Crippen molar-refractivity contribution in [2.24, 2.45) is 0 Å². The second kappa shape index (κ2) is 4.40. The molecule has 0 aliphatic carbocycles. The molecular weight excluding hydrogens is 208 g/mol. The Labute approximate surface area is 92.4 Å². The van der Waals surface area contributed by atoms with Gasteiger partial charge in [-0.25, -0.2) is 0 Å². The van der Waals surface area contributed by atoms with E-state index in [4.69, 9.17) is 0 Å². The summed E-state index contributed by atoms with van der Waals surface area (Å²) < 4.78 is 1.76. The van der Waals surface area contributed by atoms with E-state index in [2.05, 4.69) is 12.0 Å². The van der Waals surface area contributed by atoms with Crippen LogP contribution < -0.4 is 0 Å². The first-order valence-corrected chi connectivity index (χ1v) is 5.86. The molecule has 2 heterocycles. The minimum absolute atomic E-state index is 0.0576. The fraction of sp³-hybridized carbons (Fsp3) is 0.273. The van der Waals surface area contributed by atoms with Gasteiger partial charge in [0.1, 0.15) is 5.69 Å². The number of thiophene rings is 1. The number of ketones is 1. The number of hydrogen-bond acceptors (Lipinski definition) is 3. The van der Waals surface area contributed by atoms with Crippen LogP contribution in [0.4, 0.5) is 0 Å². The lowest BCUT2D eigenvalue weighted by atomic mass is 10.1. The maximum absolute atomic E-state index is 12.0. The Balaban J connectivity index is 2.29. The number of carbonyl (C=O) groups excluding carboxylic acids is 1. The molecule has 3 nitrogen and oxygen atoms in total. The number of carbonyl (C=O) groups is 1. The van der Waals surface area contributed by atoms with E-state index >= 15 is 0 Å². The molecule has 0 bridgehead atoms. The first-order chi connectivity index (χ1) is 7.33. The van der Waals surface area contributed by atoms with Gasteiger partial charge in [0, 0.05) is 23.7 Å². The normalized spacial score (nSPS) is 10.5. The molecule has 0 aliphatic heterocycles. The monoisotopic (exact) mass is 220 g/mol. The molecule has 0 unspecified atom stereocenters. The quantitative estimate of drug-likeness (QED) is 0.742. The second-order valence-corrected chi connectivity index (χ2v) is 4.06. The van der Waals surface area contributed by atoms with Crippen molar-refractivity contribution in [3.05, 3.63) is 40.3 Å². The van der Waals surface area contributed by atoms with E-state index in [0.717, 1.165) is 18.5 Å². The Morgan fingerprint density at radius 1 is 1.53 bits per heavy atom. The van der Waals surface area contributed by atoms with Crippen molar-refractivity contribution in [1.82, 2.24) is 9.78 Å². The summed E-state index contributed by atoms with van der Waals surface area (Å²) in [5, 5.41) is 7.91. The van der Waals surface area contributed by atoms with Crippen LogP contribution in [0.1, 0.15) is 29.4 Å². The topological polar surface area (TPSA) is 34.9 Å². The van der Waals surface area contributed by atoms with Gasteiger partial charge in [-0.1, -0.05) is 6.92 Å². The van der Waals surface area contributed by atoms with Gasteiger partial charge < -0.3 is 0 Å². The highest BCUT2D eigenvalue weighted by Gasteiger charge is 2.13. The van der Waals surface area contributed by atoms with E-state index < -0.39 is 0 Å². The Morgan fingerprint density at radius 2 is 2.40 bits per heavy atom. The minimum atomic E-state index is 0.0576. The first kappa shape index (κ1) is 10.1. The molecule has 0 spiro atoms. The Hall–Kier alpha value is -1.42. The van der Waals surface area contributed by atoms with Crippen LogP contribution in [0.2, 0.25) is 0 Å². The van der Waals surface area contributed by atoms with Gasteiger partial charge in [-0.05, 0) is 23.9 Å². The average Bonchev–Trinajstić information content (AvgIpc) is 2.87. The highest BCUT2D eigenvalue weighted by molar-refractivity contribution is 7.08. The van der Waals surface area contributed by atoms with Gasteiger partial charge in [-0.2, -0.15) is 16.4 Å². The van der Waals surface area contributed by atoms with E-state index in [0.29, 0.717) is 5.69 Å². The smallest absolute Gasteiger partial charge is 0.211 e. The predicted octanol–water partition coefficient (Wildman–Crippen LogP) is 2.59. The third-order valence-corrected chi connectivity index (χ3v) is 2.85. The molecule has 0 atom stereocenters. The van der Waals surface area contributed by atoms with Gasteiger partial charge in [0.2, 0.25) is 5.78 Å². The van der Waals surface area contributed by atoms with Gasteiger partial charge in [0.25, 0.3) is 0 Å². The zero-order chi connectivity index (χ0) is 10.7. The molecular formula is C11H12N2OS. The van der Waals surface area contributed by atoms with Gasteiger partial charge in [-0.3, -0.25) is 9.48 Å². The lowest BCUT2D eigenvalue weighted by Crippen LogP contribution is -2.10. The Morgan fingerprint density at radius 3 is 3.07 bits per heavy atom. The van der Waals surface area contributed by atoms with Crippen molar-refractivity contribution in [1.29, 1.82) is 0 Å². The number of aromatic nitrogens is 2. The third-order valence-electron chi connectivity index (χ3n) is 2.17. The van der Waals surface area contributed by atoms with Gasteiger partial charge >= 0.3 is 0 Å². The molecule has 2 rings (SSSR count). The molecule has 0 saturated carbocycles. The van der Waals surface area contributed by atoms with E-state index in [9.17, 15) is 4.79 Å². The maximum Gasteiger partial charge on any atom is 0.211 e. The second-order valence-electron chi connectivity index (χ2n) is 3.28. The zero-order valence-corrected chi connectivity index (χ0v) is 9.33. The molecule has 2 aromatic heterocycles. The van der Waals surface area contributed by atoms with Crippen molar-refractivity contribution < 1.29 is 4.79 Å². The van der Waals surface area contributed by atoms with Gasteiger partial charge in [0.15, 0.2) is 0 Å². The van der Waals surface area contributed by atoms with Crippen LogP contribution in [0.5, 0.6) is 0 Å². The number of hydrogen-bond donors (Lipinski definition) is 0. The van der Waals surface area contributed by atoms with E-state index in [1.54, 1.807) is 16.9 Å². The summed E-state index contributed by atoms with van der Waals surface area (Å²) in [6, 6.07) is 3.62. The molecule has 0 radical (unpaired) electrons. The van der Waals surface area contributed by atoms with Crippen LogP contribution in [-0.4, -0.2) is 15.6 Å². The van der Waals surface area contributed by atoms with Crippen molar-refractivity contribution >= 4 is 17.1 Å². The van der Waals surface area contributed by atoms with Crippen molar-refractivity contribution in [2.75, 3.05) is 0 Å². The summed E-state index contributed by atoms with van der Waals surface area (Å²) >= 11 is 1.53. The average molecular weight is 220 g/mol. The molecule has 0 fully saturated rings. The third kappa shape index (κ3) is 1.99. The summed E-state index contributed by atoms with van der Waals surface area (Å²) in [7, 11) is 0. The SMILES string of the molecule is CCCn1nccc1C(=O)c1ccsc1. The largest absolute Gasteiger partial charge is 0.287 e. The van der Waals surface area contributed by atoms with Crippen LogP contribution in [0, 0.1) is 0 Å². The lowest BCUT2D eigenvalue weighted by molar-refractivity contribution is 0.102. The van der Waals surface area contributed by atoms with Crippen LogP contribution in [-0.2, 0) is 6.54 Å². The van der Waals surface area contributed by atoms with Crippen molar-refractivity contribution in [3.63, 3.8) is 0 Å². The maximum atomic E-state index is 12.0. The molecule has 4 heteroatoms. The molecule has 0 amide bonds. The fourth-order valence-corrected chi connectivity index (χ4v) is 2.09. The summed E-state index contributed by atoms with van der Waals surface area (Å²) in [6.45, 7) is 2.86. The molecule has 78 valence electrons. The zero-order valence-electron chi connectivity index (χ0n) is 8.51. The fourth-order valence-electron chi connectivity index (χ4n) is 1.46. The van der Waals surface area contributed by atoms with Gasteiger partial charge in [-0.15, -0.1) is 0 Å². The molecule has 0 N–H and O–H groups in total. The molecule has 0 saturated heterocycles. The number of rotatable bonds is 4. The van der Waals surface area contributed by atoms with Gasteiger partial charge in [0.05, 0.1) is 0 Å². The minimum Gasteiger partial charge on any atom is -0.287 e. The predicted molar refractivity (Wildman–Crippen MR) is 60.3 cm³/mol. The molecule has 15 heavy (non-hydrogen) atoms. The number of aryl methyl sites for hydroxylation is 1. The van der Waals surface area contributed by atoms with Crippen LogP contribution in [0.3, 0.4) is 0 Å². The highest BCUT2D eigenvalue weighted by Crippen LogP contribution is 2.12. The van der Waals surface area contributed by atoms with Crippen LogP contribution in [0.25, 0.3) is 0 Å².